The first-order valence-electron chi connectivity index (χ1n) is 33.0. The maximum Gasteiger partial charge on any atom is 0.472 e. The fraction of sp³-hybridized carbons (Fsp3) is 0.851. The minimum Gasteiger partial charge on any atom is -0.456 e. The first-order valence-corrected chi connectivity index (χ1v) is 34.5. The lowest BCUT2D eigenvalue weighted by atomic mass is 10.0. The molecule has 0 aromatic heterocycles. The molecule has 3 atom stereocenters. The fourth-order valence-electron chi connectivity index (χ4n) is 9.61. The van der Waals surface area contributed by atoms with Crippen molar-refractivity contribution in [1.29, 1.82) is 0 Å². The Labute approximate surface area is 478 Å². The molecule has 0 aliphatic carbocycles. The van der Waals surface area contributed by atoms with E-state index in [1.54, 1.807) is 0 Å². The van der Waals surface area contributed by atoms with Gasteiger partial charge in [-0.2, -0.15) is 0 Å². The average Bonchev–Trinajstić information content (AvgIpc) is 3.39. The van der Waals surface area contributed by atoms with Gasteiger partial charge in [-0.3, -0.25) is 18.6 Å². The molecule has 3 unspecified atom stereocenters. The smallest absolute Gasteiger partial charge is 0.456 e. The molecule has 0 aliphatic rings. The van der Waals surface area contributed by atoms with Crippen LogP contribution in [0.1, 0.15) is 316 Å². The van der Waals surface area contributed by atoms with Crippen LogP contribution in [0, 0.1) is 0 Å². The Morgan fingerprint density at radius 2 is 0.792 bits per heavy atom. The summed E-state index contributed by atoms with van der Waals surface area (Å²) in [6.45, 7) is 6.99. The molecule has 10 heteroatoms. The molecule has 0 radical (unpaired) electrons. The molecule has 9 nitrogen and oxygen atoms in total. The van der Waals surface area contributed by atoms with E-state index in [2.05, 4.69) is 62.5 Å². The Bertz CT molecular complexity index is 1460. The molecular formula is C67H128N2O7P+. The summed E-state index contributed by atoms with van der Waals surface area (Å²) in [6, 6.07) is -0.853. The van der Waals surface area contributed by atoms with Gasteiger partial charge in [-0.05, 0) is 89.5 Å². The second-order valence-corrected chi connectivity index (χ2v) is 25.1. The number of esters is 1. The quantitative estimate of drug-likeness (QED) is 0.0205. The van der Waals surface area contributed by atoms with Crippen molar-refractivity contribution >= 4 is 19.7 Å². The predicted octanol–water partition coefficient (Wildman–Crippen LogP) is 20.5. The highest BCUT2D eigenvalue weighted by atomic mass is 31.2. The Morgan fingerprint density at radius 3 is 1.22 bits per heavy atom. The standard InChI is InChI=1S/C67H127N2O7P/c1-7-10-13-16-19-22-25-27-28-29-30-31-32-33-34-35-36-37-38-39-40-42-45-48-51-54-57-60-67(71)76-65(58-55-52-49-46-43-24-21-18-15-12-9-3)64(63-75-77(72,73)74-62-61-69(4,5)6)68-66(70)59-56-53-50-47-44-41-26-23-20-17-14-11-8-2/h19,22,27-28,41,44,55,58,64-65H,7-18,20-21,23-26,29-40,42-43,45-54,56-57,59-63H2,1-6H3,(H-,68,70,72,73)/p+1/b22-19-,28-27-,44-41-,58-55-. The topological polar surface area (TPSA) is 111 Å². The maximum absolute atomic E-state index is 13.5. The van der Waals surface area contributed by atoms with Gasteiger partial charge < -0.3 is 19.4 Å². The van der Waals surface area contributed by atoms with Crippen molar-refractivity contribution < 1.29 is 37.3 Å². The second kappa shape index (κ2) is 57.2. The predicted molar refractivity (Wildman–Crippen MR) is 332 cm³/mol. The number of allylic oxidation sites excluding steroid dienone is 7. The number of carbonyl (C=O) groups excluding carboxylic acids is 2. The van der Waals surface area contributed by atoms with Crippen LogP contribution < -0.4 is 5.32 Å². The zero-order chi connectivity index (χ0) is 56.4. The maximum atomic E-state index is 13.5. The van der Waals surface area contributed by atoms with Crippen LogP contribution in [0.5, 0.6) is 0 Å². The molecule has 0 spiro atoms. The van der Waals surface area contributed by atoms with Crippen molar-refractivity contribution in [3.63, 3.8) is 0 Å². The van der Waals surface area contributed by atoms with Gasteiger partial charge in [0.15, 0.2) is 0 Å². The van der Waals surface area contributed by atoms with Crippen LogP contribution in [0.15, 0.2) is 48.6 Å². The lowest BCUT2D eigenvalue weighted by Gasteiger charge is -2.27. The SMILES string of the molecule is CCCCC/C=C\C/C=C\CCCCCCCCCCCCCCCCCCCC(=O)OC(/C=C\CCCCCCCCCCC)C(COP(=O)(O)OCC[N+](C)(C)C)NC(=O)CCCCC/C=C\CCCCCCCC. The minimum atomic E-state index is -4.45. The van der Waals surface area contributed by atoms with E-state index in [-0.39, 0.29) is 25.1 Å². The number of unbranched alkanes of at least 4 members (excludes halogenated alkanes) is 38. The number of likely N-dealkylation sites (N-methyl/N-ethyl adjacent to an activating group) is 1. The molecule has 0 fully saturated rings. The molecule has 0 saturated carbocycles. The van der Waals surface area contributed by atoms with Gasteiger partial charge in [0, 0.05) is 12.8 Å². The van der Waals surface area contributed by atoms with Crippen molar-refractivity contribution in [2.75, 3.05) is 40.9 Å². The molecule has 77 heavy (non-hydrogen) atoms. The van der Waals surface area contributed by atoms with Crippen molar-refractivity contribution in [2.45, 2.75) is 328 Å². The largest absolute Gasteiger partial charge is 0.472 e. The summed E-state index contributed by atoms with van der Waals surface area (Å²) in [5, 5.41) is 3.05. The zero-order valence-electron chi connectivity index (χ0n) is 51.7. The molecular weight excluding hydrogens is 976 g/mol. The van der Waals surface area contributed by atoms with Gasteiger partial charge in [0.25, 0.3) is 0 Å². The van der Waals surface area contributed by atoms with Crippen molar-refractivity contribution in [2.24, 2.45) is 0 Å². The van der Waals surface area contributed by atoms with E-state index in [9.17, 15) is 19.0 Å². The summed E-state index contributed by atoms with van der Waals surface area (Å²) in [6.07, 6.45) is 71.3. The molecule has 0 aromatic carbocycles. The summed E-state index contributed by atoms with van der Waals surface area (Å²) >= 11 is 0. The van der Waals surface area contributed by atoms with Crippen LogP contribution >= 0.6 is 7.82 Å². The highest BCUT2D eigenvalue weighted by Crippen LogP contribution is 2.43. The third kappa shape index (κ3) is 58.4. The fourth-order valence-corrected chi connectivity index (χ4v) is 10.3. The highest BCUT2D eigenvalue weighted by Gasteiger charge is 2.30. The average molecular weight is 1100 g/mol. The molecule has 0 aliphatic heterocycles. The van der Waals surface area contributed by atoms with Gasteiger partial charge in [0.05, 0.1) is 33.8 Å². The van der Waals surface area contributed by atoms with Crippen LogP contribution in [-0.4, -0.2) is 74.3 Å². The molecule has 1 amide bonds. The molecule has 452 valence electrons. The van der Waals surface area contributed by atoms with E-state index >= 15 is 0 Å². The Hall–Kier alpha value is -2.03. The number of amides is 1. The molecule has 0 rings (SSSR count). The summed E-state index contributed by atoms with van der Waals surface area (Å²) in [7, 11) is 1.50. The van der Waals surface area contributed by atoms with E-state index in [1.165, 1.54) is 205 Å². The van der Waals surface area contributed by atoms with Gasteiger partial charge in [0.1, 0.15) is 19.3 Å². The van der Waals surface area contributed by atoms with Gasteiger partial charge in [-0.1, -0.05) is 262 Å². The molecule has 0 heterocycles. The van der Waals surface area contributed by atoms with Gasteiger partial charge in [0.2, 0.25) is 5.91 Å². The van der Waals surface area contributed by atoms with Crippen LogP contribution in [-0.2, 0) is 27.9 Å². The van der Waals surface area contributed by atoms with E-state index < -0.39 is 20.0 Å². The van der Waals surface area contributed by atoms with Crippen molar-refractivity contribution in [3.05, 3.63) is 48.6 Å². The minimum absolute atomic E-state index is 0.0388. The number of hydrogen-bond acceptors (Lipinski definition) is 6. The number of phosphoric ester groups is 1. The summed E-state index contributed by atoms with van der Waals surface area (Å²) in [5.41, 5.74) is 0. The van der Waals surface area contributed by atoms with E-state index in [0.29, 0.717) is 23.9 Å². The van der Waals surface area contributed by atoms with Crippen LogP contribution in [0.3, 0.4) is 0 Å². The lowest BCUT2D eigenvalue weighted by molar-refractivity contribution is -0.870. The number of quaternary nitrogens is 1. The summed E-state index contributed by atoms with van der Waals surface area (Å²) in [5.74, 6) is -0.513. The third-order valence-corrected chi connectivity index (χ3v) is 15.7. The van der Waals surface area contributed by atoms with Gasteiger partial charge in [-0.25, -0.2) is 4.57 Å². The number of hydrogen-bond donors (Lipinski definition) is 2. The Morgan fingerprint density at radius 1 is 0.455 bits per heavy atom. The highest BCUT2D eigenvalue weighted by molar-refractivity contribution is 7.47. The number of nitrogens with zero attached hydrogens (tertiary/aromatic N) is 1. The molecule has 2 N–H and O–H groups in total. The van der Waals surface area contributed by atoms with E-state index in [0.717, 1.165) is 77.0 Å². The van der Waals surface area contributed by atoms with Crippen molar-refractivity contribution in [1.82, 2.24) is 5.32 Å². The first-order chi connectivity index (χ1) is 37.4. The van der Waals surface area contributed by atoms with Gasteiger partial charge >= 0.3 is 13.8 Å². The lowest BCUT2D eigenvalue weighted by Crippen LogP contribution is -2.47. The number of carbonyl (C=O) groups is 2. The van der Waals surface area contributed by atoms with E-state index in [4.69, 9.17) is 13.8 Å². The molecule has 0 aromatic rings. The van der Waals surface area contributed by atoms with Crippen LogP contribution in [0.25, 0.3) is 0 Å². The summed E-state index contributed by atoms with van der Waals surface area (Å²) < 4.78 is 30.7. The zero-order valence-corrected chi connectivity index (χ0v) is 52.6. The third-order valence-electron chi connectivity index (χ3n) is 14.7. The van der Waals surface area contributed by atoms with Crippen LogP contribution in [0.4, 0.5) is 0 Å². The first kappa shape index (κ1) is 75.0. The molecule has 0 saturated heterocycles. The monoisotopic (exact) mass is 1100 g/mol. The number of ether oxygens (including phenoxy) is 1. The van der Waals surface area contributed by atoms with Gasteiger partial charge in [-0.15, -0.1) is 0 Å². The summed E-state index contributed by atoms with van der Waals surface area (Å²) in [4.78, 5) is 37.7. The number of nitrogens with one attached hydrogen (secondary N) is 1. The Kier molecular flexibility index (Phi) is 55.7. The molecule has 0 bridgehead atoms. The van der Waals surface area contributed by atoms with Crippen molar-refractivity contribution in [3.8, 4) is 0 Å². The normalized spacial score (nSPS) is 13.9. The Balaban J connectivity index is 4.97. The van der Waals surface area contributed by atoms with Crippen LogP contribution in [0.2, 0.25) is 0 Å². The number of rotatable bonds is 60. The second-order valence-electron chi connectivity index (χ2n) is 23.6. The number of phosphoric acid groups is 1. The van der Waals surface area contributed by atoms with E-state index in [1.807, 2.05) is 33.3 Å².